The Morgan fingerprint density at radius 1 is 0.870 bits per heavy atom. The molecule has 4 aromatic rings. The Morgan fingerprint density at radius 3 is 2.26 bits per heavy atom. The van der Waals surface area contributed by atoms with Crippen LogP contribution in [0.15, 0.2) is 48.7 Å². The van der Waals surface area contributed by atoms with Crippen molar-refractivity contribution in [1.82, 2.24) is 15.0 Å². The first-order valence-corrected chi connectivity index (χ1v) is 7.52. The van der Waals surface area contributed by atoms with Gasteiger partial charge in [-0.25, -0.2) is 9.97 Å². The maximum absolute atomic E-state index is 12.6. The summed E-state index contributed by atoms with van der Waals surface area (Å²) < 4.78 is 37.8. The Labute approximate surface area is 132 Å². The number of benzene rings is 1. The van der Waals surface area contributed by atoms with Gasteiger partial charge in [-0.3, -0.25) is 4.98 Å². The molecular weight excluding hydrogens is 323 g/mol. The van der Waals surface area contributed by atoms with E-state index in [1.165, 1.54) is 17.4 Å². The third kappa shape index (κ3) is 2.53. The minimum atomic E-state index is -4.38. The zero-order valence-corrected chi connectivity index (χ0v) is 12.3. The number of para-hydroxylation sites is 2. The van der Waals surface area contributed by atoms with Gasteiger partial charge >= 0.3 is 6.18 Å². The standard InChI is InChI=1S/C16H8F3N3S/c17-16(18,19)9-5-6-12(20-8-9)14-7-13-15(23-14)22-11-4-2-1-3-10(11)21-13/h1-8H. The van der Waals surface area contributed by atoms with E-state index in [0.717, 1.165) is 33.0 Å². The Kier molecular flexibility index (Phi) is 3.05. The molecule has 3 nitrogen and oxygen atoms in total. The normalized spacial score (nSPS) is 12.1. The smallest absolute Gasteiger partial charge is 0.255 e. The SMILES string of the molecule is FC(F)(F)c1ccc(-c2cc3nc4ccccc4nc3s2)nc1. The van der Waals surface area contributed by atoms with Crippen molar-refractivity contribution in [3.05, 3.63) is 54.2 Å². The lowest BCUT2D eigenvalue weighted by Gasteiger charge is -2.05. The van der Waals surface area contributed by atoms with Gasteiger partial charge in [-0.15, -0.1) is 11.3 Å². The maximum Gasteiger partial charge on any atom is 0.417 e. The van der Waals surface area contributed by atoms with Gasteiger partial charge in [0.25, 0.3) is 0 Å². The molecule has 0 saturated heterocycles. The summed E-state index contributed by atoms with van der Waals surface area (Å²) in [5.74, 6) is 0. The van der Waals surface area contributed by atoms with Crippen LogP contribution in [-0.2, 0) is 6.18 Å². The molecule has 0 radical (unpaired) electrons. The second-order valence-corrected chi connectivity index (χ2v) is 5.97. The quantitative estimate of drug-likeness (QED) is 0.497. The van der Waals surface area contributed by atoms with Gasteiger partial charge in [-0.1, -0.05) is 12.1 Å². The molecule has 4 rings (SSSR count). The topological polar surface area (TPSA) is 38.7 Å². The summed E-state index contributed by atoms with van der Waals surface area (Å²) >= 11 is 1.36. The van der Waals surface area contributed by atoms with Crippen molar-refractivity contribution in [3.8, 4) is 10.6 Å². The molecule has 3 aromatic heterocycles. The molecule has 0 spiro atoms. The van der Waals surface area contributed by atoms with Crippen LogP contribution in [0.1, 0.15) is 5.56 Å². The fraction of sp³-hybridized carbons (Fsp3) is 0.0625. The van der Waals surface area contributed by atoms with Crippen LogP contribution in [0, 0.1) is 0 Å². The molecule has 0 fully saturated rings. The molecular formula is C16H8F3N3S. The van der Waals surface area contributed by atoms with Gasteiger partial charge in [0.05, 0.1) is 27.2 Å². The molecule has 0 unspecified atom stereocenters. The molecule has 0 saturated carbocycles. The number of halogens is 3. The first-order valence-electron chi connectivity index (χ1n) is 6.71. The highest BCUT2D eigenvalue weighted by atomic mass is 32.1. The Morgan fingerprint density at radius 2 is 1.61 bits per heavy atom. The Bertz CT molecular complexity index is 954. The summed E-state index contributed by atoms with van der Waals surface area (Å²) in [7, 11) is 0. The van der Waals surface area contributed by atoms with Crippen LogP contribution in [0.5, 0.6) is 0 Å². The molecule has 0 atom stereocenters. The molecule has 0 amide bonds. The van der Waals surface area contributed by atoms with E-state index in [1.54, 1.807) is 6.07 Å². The average molecular weight is 331 g/mol. The van der Waals surface area contributed by atoms with Crippen LogP contribution in [0.25, 0.3) is 32.0 Å². The molecule has 114 valence electrons. The number of thiophene rings is 1. The molecule has 0 aliphatic rings. The van der Waals surface area contributed by atoms with E-state index >= 15 is 0 Å². The fourth-order valence-corrected chi connectivity index (χ4v) is 3.22. The summed E-state index contributed by atoms with van der Waals surface area (Å²) in [6, 6.07) is 11.7. The van der Waals surface area contributed by atoms with Crippen molar-refractivity contribution < 1.29 is 13.2 Å². The lowest BCUT2D eigenvalue weighted by atomic mass is 10.2. The van der Waals surface area contributed by atoms with E-state index in [2.05, 4.69) is 15.0 Å². The molecule has 0 aliphatic heterocycles. The molecule has 7 heteroatoms. The Hall–Kier alpha value is -2.54. The van der Waals surface area contributed by atoms with Crippen molar-refractivity contribution in [2.24, 2.45) is 0 Å². The van der Waals surface area contributed by atoms with Gasteiger partial charge < -0.3 is 0 Å². The van der Waals surface area contributed by atoms with E-state index in [-0.39, 0.29) is 0 Å². The number of pyridine rings is 1. The maximum atomic E-state index is 12.6. The molecule has 0 aliphatic carbocycles. The number of aromatic nitrogens is 3. The number of hydrogen-bond acceptors (Lipinski definition) is 4. The second-order valence-electron chi connectivity index (χ2n) is 4.94. The molecule has 0 bridgehead atoms. The summed E-state index contributed by atoms with van der Waals surface area (Å²) in [5.41, 5.74) is 2.00. The third-order valence-electron chi connectivity index (χ3n) is 3.38. The summed E-state index contributed by atoms with van der Waals surface area (Å²) in [6.07, 6.45) is -3.54. The number of alkyl halides is 3. The van der Waals surface area contributed by atoms with Crippen molar-refractivity contribution >= 4 is 32.7 Å². The molecule has 3 heterocycles. The lowest BCUT2D eigenvalue weighted by Crippen LogP contribution is -2.04. The number of rotatable bonds is 1. The van der Waals surface area contributed by atoms with Gasteiger partial charge in [0.15, 0.2) is 0 Å². The van der Waals surface area contributed by atoms with E-state index in [1.807, 2.05) is 24.3 Å². The van der Waals surface area contributed by atoms with Crippen molar-refractivity contribution in [2.45, 2.75) is 6.18 Å². The second kappa shape index (κ2) is 4.99. The van der Waals surface area contributed by atoms with Crippen LogP contribution in [0.4, 0.5) is 13.2 Å². The first-order chi connectivity index (χ1) is 11.0. The molecule has 23 heavy (non-hydrogen) atoms. The largest absolute Gasteiger partial charge is 0.417 e. The predicted octanol–water partition coefficient (Wildman–Crippen LogP) is 4.93. The monoisotopic (exact) mass is 331 g/mol. The zero-order chi connectivity index (χ0) is 16.0. The van der Waals surface area contributed by atoms with Crippen molar-refractivity contribution in [1.29, 1.82) is 0 Å². The number of hydrogen-bond donors (Lipinski definition) is 0. The van der Waals surface area contributed by atoms with Gasteiger partial charge in [0.2, 0.25) is 0 Å². The van der Waals surface area contributed by atoms with E-state index in [4.69, 9.17) is 0 Å². The van der Waals surface area contributed by atoms with Crippen molar-refractivity contribution in [2.75, 3.05) is 0 Å². The zero-order valence-electron chi connectivity index (χ0n) is 11.5. The van der Waals surface area contributed by atoms with Gasteiger partial charge in [-0.2, -0.15) is 13.2 Å². The minimum Gasteiger partial charge on any atom is -0.255 e. The highest BCUT2D eigenvalue weighted by Crippen LogP contribution is 2.33. The fourth-order valence-electron chi connectivity index (χ4n) is 2.26. The Balaban J connectivity index is 1.81. The summed E-state index contributed by atoms with van der Waals surface area (Å²) in [4.78, 5) is 14.4. The van der Waals surface area contributed by atoms with E-state index < -0.39 is 11.7 Å². The highest BCUT2D eigenvalue weighted by Gasteiger charge is 2.30. The van der Waals surface area contributed by atoms with Crippen LogP contribution in [0.2, 0.25) is 0 Å². The lowest BCUT2D eigenvalue weighted by molar-refractivity contribution is -0.137. The summed E-state index contributed by atoms with van der Waals surface area (Å²) in [6.45, 7) is 0. The number of fused-ring (bicyclic) bond motifs is 2. The number of nitrogens with zero attached hydrogens (tertiary/aromatic N) is 3. The first kappa shape index (κ1) is 14.1. The van der Waals surface area contributed by atoms with Crippen molar-refractivity contribution in [3.63, 3.8) is 0 Å². The summed E-state index contributed by atoms with van der Waals surface area (Å²) in [5, 5.41) is 0. The highest BCUT2D eigenvalue weighted by molar-refractivity contribution is 7.21. The van der Waals surface area contributed by atoms with E-state index in [9.17, 15) is 13.2 Å². The molecule has 0 N–H and O–H groups in total. The van der Waals surface area contributed by atoms with E-state index in [0.29, 0.717) is 11.2 Å². The predicted molar refractivity (Wildman–Crippen MR) is 83.2 cm³/mol. The van der Waals surface area contributed by atoms with Crippen LogP contribution >= 0.6 is 11.3 Å². The molecule has 1 aromatic carbocycles. The van der Waals surface area contributed by atoms with Gasteiger partial charge in [0, 0.05) is 6.20 Å². The van der Waals surface area contributed by atoms with Gasteiger partial charge in [-0.05, 0) is 30.3 Å². The van der Waals surface area contributed by atoms with Crippen LogP contribution < -0.4 is 0 Å². The van der Waals surface area contributed by atoms with Gasteiger partial charge in [0.1, 0.15) is 10.3 Å². The average Bonchev–Trinajstić information content (AvgIpc) is 2.94. The third-order valence-corrected chi connectivity index (χ3v) is 4.42. The minimum absolute atomic E-state index is 0.479. The van der Waals surface area contributed by atoms with Crippen LogP contribution in [0.3, 0.4) is 0 Å². The van der Waals surface area contributed by atoms with Crippen LogP contribution in [-0.4, -0.2) is 15.0 Å².